The van der Waals surface area contributed by atoms with Crippen molar-refractivity contribution in [1.29, 1.82) is 0 Å². The number of hydrogen-bond acceptors (Lipinski definition) is 3. The number of nitrogens with one attached hydrogen (secondary N) is 1. The van der Waals surface area contributed by atoms with Crippen LogP contribution in [0.1, 0.15) is 5.82 Å². The van der Waals surface area contributed by atoms with E-state index in [2.05, 4.69) is 31.3 Å². The molecule has 5 heteroatoms. The van der Waals surface area contributed by atoms with E-state index < -0.39 is 0 Å². The smallest absolute Gasteiger partial charge is 0.181 e. The fourth-order valence-corrected chi connectivity index (χ4v) is 2.22. The van der Waals surface area contributed by atoms with Gasteiger partial charge in [0.25, 0.3) is 0 Å². The van der Waals surface area contributed by atoms with Crippen LogP contribution in [0.15, 0.2) is 28.7 Å². The van der Waals surface area contributed by atoms with Gasteiger partial charge in [0.05, 0.1) is 13.1 Å². The summed E-state index contributed by atoms with van der Waals surface area (Å²) in [6.45, 7) is 2.67. The van der Waals surface area contributed by atoms with Crippen molar-refractivity contribution in [1.82, 2.24) is 20.1 Å². The maximum absolute atomic E-state index is 4.53. The van der Waals surface area contributed by atoms with Crippen molar-refractivity contribution in [2.75, 3.05) is 6.54 Å². The average molecular weight is 279 g/mol. The van der Waals surface area contributed by atoms with E-state index in [-0.39, 0.29) is 0 Å². The molecule has 3 rings (SSSR count). The summed E-state index contributed by atoms with van der Waals surface area (Å²) in [7, 11) is 0. The van der Waals surface area contributed by atoms with E-state index in [1.807, 2.05) is 28.9 Å². The fraction of sp³-hybridized carbons (Fsp3) is 0.273. The minimum Gasteiger partial charge on any atom is -0.308 e. The maximum Gasteiger partial charge on any atom is 0.181 e. The van der Waals surface area contributed by atoms with E-state index in [0.29, 0.717) is 0 Å². The lowest BCUT2D eigenvalue weighted by Crippen LogP contribution is -2.28. The molecule has 0 bridgehead atoms. The van der Waals surface area contributed by atoms with Crippen molar-refractivity contribution in [3.63, 3.8) is 0 Å². The van der Waals surface area contributed by atoms with Crippen molar-refractivity contribution < 1.29 is 0 Å². The Kier molecular flexibility index (Phi) is 2.49. The molecule has 1 N–H and O–H groups in total. The van der Waals surface area contributed by atoms with Gasteiger partial charge in [0, 0.05) is 16.6 Å². The third-order valence-electron chi connectivity index (χ3n) is 2.61. The summed E-state index contributed by atoms with van der Waals surface area (Å²) >= 11 is 3.46. The van der Waals surface area contributed by atoms with Gasteiger partial charge in [-0.3, -0.25) is 0 Å². The number of rotatable bonds is 1. The Morgan fingerprint density at radius 2 is 2.31 bits per heavy atom. The molecule has 0 aliphatic carbocycles. The van der Waals surface area contributed by atoms with E-state index in [0.717, 1.165) is 41.3 Å². The average Bonchev–Trinajstić information content (AvgIpc) is 2.72. The molecule has 4 nitrogen and oxygen atoms in total. The highest BCUT2D eigenvalue weighted by Crippen LogP contribution is 2.20. The summed E-state index contributed by atoms with van der Waals surface area (Å²) in [4.78, 5) is 4.53. The van der Waals surface area contributed by atoms with Crippen LogP contribution in [0, 0.1) is 0 Å². The Balaban J connectivity index is 2.03. The molecule has 1 aromatic carbocycles. The van der Waals surface area contributed by atoms with Gasteiger partial charge >= 0.3 is 0 Å². The molecule has 2 aromatic rings. The fourth-order valence-electron chi connectivity index (χ4n) is 1.82. The third kappa shape index (κ3) is 1.76. The van der Waals surface area contributed by atoms with Crippen LogP contribution in [-0.4, -0.2) is 21.3 Å². The van der Waals surface area contributed by atoms with E-state index in [9.17, 15) is 0 Å². The number of benzene rings is 1. The molecule has 0 spiro atoms. The van der Waals surface area contributed by atoms with Crippen LogP contribution in [0.25, 0.3) is 11.4 Å². The van der Waals surface area contributed by atoms with Crippen LogP contribution in [0.3, 0.4) is 0 Å². The molecule has 0 saturated carbocycles. The molecule has 0 unspecified atom stereocenters. The molecule has 0 radical (unpaired) electrons. The molecule has 1 aromatic heterocycles. The van der Waals surface area contributed by atoms with Crippen LogP contribution in [0.4, 0.5) is 0 Å². The quantitative estimate of drug-likeness (QED) is 0.865. The first kappa shape index (κ1) is 9.99. The molecule has 1 aliphatic rings. The summed E-state index contributed by atoms with van der Waals surface area (Å²) in [6.07, 6.45) is 0. The van der Waals surface area contributed by atoms with Gasteiger partial charge in [-0.25, -0.2) is 9.67 Å². The Bertz CT molecular complexity index is 497. The zero-order chi connectivity index (χ0) is 11.0. The lowest BCUT2D eigenvalue weighted by Gasteiger charge is -2.11. The van der Waals surface area contributed by atoms with Gasteiger partial charge < -0.3 is 5.32 Å². The SMILES string of the molecule is Brc1cccc(-c2nc3n(n2)CCNC3)c1. The molecule has 82 valence electrons. The van der Waals surface area contributed by atoms with Crippen molar-refractivity contribution in [2.45, 2.75) is 13.1 Å². The Labute approximate surface area is 102 Å². The lowest BCUT2D eigenvalue weighted by atomic mass is 10.2. The molecule has 1 aliphatic heterocycles. The number of hydrogen-bond donors (Lipinski definition) is 1. The summed E-state index contributed by atoms with van der Waals surface area (Å²) in [5, 5.41) is 7.79. The Morgan fingerprint density at radius 1 is 1.38 bits per heavy atom. The monoisotopic (exact) mass is 278 g/mol. The van der Waals surface area contributed by atoms with E-state index in [1.54, 1.807) is 0 Å². The van der Waals surface area contributed by atoms with Crippen molar-refractivity contribution >= 4 is 15.9 Å². The number of fused-ring (bicyclic) bond motifs is 1. The second kappa shape index (κ2) is 3.99. The van der Waals surface area contributed by atoms with Gasteiger partial charge in [-0.15, -0.1) is 0 Å². The van der Waals surface area contributed by atoms with Gasteiger partial charge in [-0.1, -0.05) is 28.1 Å². The minimum atomic E-state index is 0.806. The second-order valence-corrected chi connectivity index (χ2v) is 4.68. The first-order chi connectivity index (χ1) is 7.83. The molecular weight excluding hydrogens is 268 g/mol. The first-order valence-corrected chi connectivity index (χ1v) is 6.02. The predicted molar refractivity (Wildman–Crippen MR) is 64.9 cm³/mol. The molecule has 16 heavy (non-hydrogen) atoms. The molecule has 2 heterocycles. The van der Waals surface area contributed by atoms with Gasteiger partial charge in [-0.05, 0) is 12.1 Å². The van der Waals surface area contributed by atoms with Crippen LogP contribution in [-0.2, 0) is 13.1 Å². The molecule has 0 fully saturated rings. The summed E-state index contributed by atoms with van der Waals surface area (Å²) < 4.78 is 3.03. The summed E-state index contributed by atoms with van der Waals surface area (Å²) in [5.74, 6) is 1.82. The predicted octanol–water partition coefficient (Wildman–Crippen LogP) is 1.81. The lowest BCUT2D eigenvalue weighted by molar-refractivity contribution is 0.469. The van der Waals surface area contributed by atoms with Gasteiger partial charge in [0.2, 0.25) is 0 Å². The number of nitrogens with zero attached hydrogens (tertiary/aromatic N) is 3. The summed E-state index contributed by atoms with van der Waals surface area (Å²) in [6, 6.07) is 8.06. The second-order valence-electron chi connectivity index (χ2n) is 3.76. The van der Waals surface area contributed by atoms with Gasteiger partial charge in [0.15, 0.2) is 5.82 Å². The normalized spacial score (nSPS) is 14.8. The number of halogens is 1. The van der Waals surface area contributed by atoms with Gasteiger partial charge in [0.1, 0.15) is 5.82 Å². The van der Waals surface area contributed by atoms with Crippen LogP contribution < -0.4 is 5.32 Å². The van der Waals surface area contributed by atoms with E-state index in [4.69, 9.17) is 0 Å². The van der Waals surface area contributed by atoms with E-state index in [1.165, 1.54) is 0 Å². The Hall–Kier alpha value is -1.20. The third-order valence-corrected chi connectivity index (χ3v) is 3.11. The van der Waals surface area contributed by atoms with Crippen molar-refractivity contribution in [3.05, 3.63) is 34.6 Å². The minimum absolute atomic E-state index is 0.806. The van der Waals surface area contributed by atoms with E-state index >= 15 is 0 Å². The Morgan fingerprint density at radius 3 is 3.12 bits per heavy atom. The zero-order valence-electron chi connectivity index (χ0n) is 8.65. The summed E-state index contributed by atoms with van der Waals surface area (Å²) in [5.41, 5.74) is 1.05. The highest BCUT2D eigenvalue weighted by Gasteiger charge is 2.14. The largest absolute Gasteiger partial charge is 0.308 e. The molecule has 0 atom stereocenters. The molecule has 0 saturated heterocycles. The van der Waals surface area contributed by atoms with Crippen LogP contribution in [0.2, 0.25) is 0 Å². The first-order valence-electron chi connectivity index (χ1n) is 5.23. The van der Waals surface area contributed by atoms with Crippen molar-refractivity contribution in [3.8, 4) is 11.4 Å². The van der Waals surface area contributed by atoms with Crippen molar-refractivity contribution in [2.24, 2.45) is 0 Å². The highest BCUT2D eigenvalue weighted by molar-refractivity contribution is 9.10. The van der Waals surface area contributed by atoms with Gasteiger partial charge in [-0.2, -0.15) is 5.10 Å². The number of aromatic nitrogens is 3. The molecule has 0 amide bonds. The standard InChI is InChI=1S/C11H11BrN4/c12-9-3-1-2-8(6-9)11-14-10-7-13-4-5-16(10)15-11/h1-3,6,13H,4-5,7H2. The topological polar surface area (TPSA) is 42.7 Å². The highest BCUT2D eigenvalue weighted by atomic mass is 79.9. The maximum atomic E-state index is 4.53. The molecular formula is C11H11BrN4. The zero-order valence-corrected chi connectivity index (χ0v) is 10.2. The van der Waals surface area contributed by atoms with Crippen LogP contribution >= 0.6 is 15.9 Å². The van der Waals surface area contributed by atoms with Crippen LogP contribution in [0.5, 0.6) is 0 Å².